The van der Waals surface area contributed by atoms with Crippen LogP contribution in [0, 0.1) is 5.92 Å². The molecule has 1 aliphatic heterocycles. The molecule has 0 unspecified atom stereocenters. The molecule has 0 saturated carbocycles. The molecular weight excluding hydrogens is 224 g/mol. The molecule has 1 saturated heterocycles. The van der Waals surface area contributed by atoms with Crippen molar-refractivity contribution in [3.8, 4) is 0 Å². The van der Waals surface area contributed by atoms with Gasteiger partial charge >= 0.3 is 0 Å². The smallest absolute Gasteiger partial charge is 0.0534 e. The Labute approximate surface area is 110 Å². The van der Waals surface area contributed by atoms with E-state index < -0.39 is 0 Å². The number of aryl methyl sites for hydroxylation is 1. The van der Waals surface area contributed by atoms with Crippen LogP contribution >= 0.6 is 0 Å². The second kappa shape index (κ2) is 6.90. The molecule has 1 aromatic rings. The van der Waals surface area contributed by atoms with E-state index >= 15 is 0 Å². The normalized spacial score (nSPS) is 18.3. The van der Waals surface area contributed by atoms with E-state index in [1.54, 1.807) is 0 Å². The van der Waals surface area contributed by atoms with Crippen molar-refractivity contribution in [3.05, 3.63) is 18.0 Å². The minimum absolute atomic E-state index is 0.923. The third-order valence-corrected chi connectivity index (χ3v) is 3.91. The standard InChI is InChI=1S/C14H26N4/c1-3-18-12-14(11-16-18)10-15-7-4-13-5-8-17(2)9-6-13/h11-13,15H,3-10H2,1-2H3. The van der Waals surface area contributed by atoms with Crippen molar-refractivity contribution in [3.63, 3.8) is 0 Å². The molecule has 4 nitrogen and oxygen atoms in total. The molecule has 2 heterocycles. The predicted molar refractivity (Wildman–Crippen MR) is 74.4 cm³/mol. The number of likely N-dealkylation sites (tertiary alicyclic amines) is 1. The molecule has 0 spiro atoms. The highest BCUT2D eigenvalue weighted by atomic mass is 15.3. The third-order valence-electron chi connectivity index (χ3n) is 3.91. The summed E-state index contributed by atoms with van der Waals surface area (Å²) in [6.07, 6.45) is 8.14. The summed E-state index contributed by atoms with van der Waals surface area (Å²) in [4.78, 5) is 2.43. The second-order valence-electron chi connectivity index (χ2n) is 5.42. The summed E-state index contributed by atoms with van der Waals surface area (Å²) in [6.45, 7) is 7.69. The van der Waals surface area contributed by atoms with Crippen LogP contribution in [0.1, 0.15) is 31.7 Å². The van der Waals surface area contributed by atoms with Gasteiger partial charge in [0.05, 0.1) is 6.20 Å². The van der Waals surface area contributed by atoms with Gasteiger partial charge < -0.3 is 10.2 Å². The van der Waals surface area contributed by atoms with E-state index in [2.05, 4.69) is 35.5 Å². The van der Waals surface area contributed by atoms with E-state index in [0.29, 0.717) is 0 Å². The molecule has 0 aromatic carbocycles. The summed E-state index contributed by atoms with van der Waals surface area (Å²) in [5.74, 6) is 0.923. The fraction of sp³-hybridized carbons (Fsp3) is 0.786. The highest BCUT2D eigenvalue weighted by molar-refractivity contribution is 5.03. The van der Waals surface area contributed by atoms with Gasteiger partial charge in [0.15, 0.2) is 0 Å². The molecule has 0 aliphatic carbocycles. The van der Waals surface area contributed by atoms with Gasteiger partial charge in [-0.1, -0.05) is 0 Å². The Hall–Kier alpha value is -0.870. The van der Waals surface area contributed by atoms with Crippen molar-refractivity contribution in [2.75, 3.05) is 26.7 Å². The van der Waals surface area contributed by atoms with E-state index in [0.717, 1.165) is 25.6 Å². The van der Waals surface area contributed by atoms with Crippen LogP contribution in [-0.4, -0.2) is 41.4 Å². The zero-order chi connectivity index (χ0) is 12.8. The monoisotopic (exact) mass is 250 g/mol. The summed E-state index contributed by atoms with van der Waals surface area (Å²) >= 11 is 0. The lowest BCUT2D eigenvalue weighted by Crippen LogP contribution is -2.31. The lowest BCUT2D eigenvalue weighted by atomic mass is 9.94. The van der Waals surface area contributed by atoms with Crippen LogP contribution in [0.2, 0.25) is 0 Å². The van der Waals surface area contributed by atoms with E-state index in [4.69, 9.17) is 0 Å². The fourth-order valence-corrected chi connectivity index (χ4v) is 2.56. The van der Waals surface area contributed by atoms with Gasteiger partial charge in [0, 0.05) is 24.8 Å². The Kier molecular flexibility index (Phi) is 5.20. The number of hydrogen-bond donors (Lipinski definition) is 1. The van der Waals surface area contributed by atoms with Gasteiger partial charge in [-0.2, -0.15) is 5.10 Å². The van der Waals surface area contributed by atoms with Crippen LogP contribution in [0.4, 0.5) is 0 Å². The van der Waals surface area contributed by atoms with E-state index in [1.165, 1.54) is 37.9 Å². The second-order valence-corrected chi connectivity index (χ2v) is 5.42. The first kappa shape index (κ1) is 13.6. The summed E-state index contributed by atoms with van der Waals surface area (Å²) in [6, 6.07) is 0. The molecule has 18 heavy (non-hydrogen) atoms. The maximum Gasteiger partial charge on any atom is 0.0534 e. The van der Waals surface area contributed by atoms with Gasteiger partial charge in [-0.05, 0) is 58.8 Å². The number of hydrogen-bond acceptors (Lipinski definition) is 3. The highest BCUT2D eigenvalue weighted by Crippen LogP contribution is 2.18. The van der Waals surface area contributed by atoms with Crippen LogP contribution in [-0.2, 0) is 13.1 Å². The molecule has 1 fully saturated rings. The van der Waals surface area contributed by atoms with Crippen molar-refractivity contribution >= 4 is 0 Å². The molecular formula is C14H26N4. The minimum Gasteiger partial charge on any atom is -0.313 e. The Morgan fingerprint density at radius 1 is 1.39 bits per heavy atom. The summed E-state index contributed by atoms with van der Waals surface area (Å²) in [5.41, 5.74) is 1.29. The molecule has 0 radical (unpaired) electrons. The molecule has 102 valence electrons. The highest BCUT2D eigenvalue weighted by Gasteiger charge is 2.15. The average Bonchev–Trinajstić information content (AvgIpc) is 2.85. The zero-order valence-electron chi connectivity index (χ0n) is 11.7. The average molecular weight is 250 g/mol. The quantitative estimate of drug-likeness (QED) is 0.781. The largest absolute Gasteiger partial charge is 0.313 e. The Balaban J connectivity index is 1.58. The van der Waals surface area contributed by atoms with Gasteiger partial charge in [-0.15, -0.1) is 0 Å². The van der Waals surface area contributed by atoms with Crippen LogP contribution in [0.5, 0.6) is 0 Å². The van der Waals surface area contributed by atoms with Crippen LogP contribution in [0.15, 0.2) is 12.4 Å². The lowest BCUT2D eigenvalue weighted by Gasteiger charge is -2.28. The van der Waals surface area contributed by atoms with E-state index in [-0.39, 0.29) is 0 Å². The summed E-state index contributed by atoms with van der Waals surface area (Å²) in [5, 5.41) is 7.81. The number of piperidine rings is 1. The molecule has 0 amide bonds. The maximum atomic E-state index is 4.28. The predicted octanol–water partition coefficient (Wildman–Crippen LogP) is 1.72. The molecule has 1 aromatic heterocycles. The van der Waals surface area contributed by atoms with Gasteiger partial charge in [0.1, 0.15) is 0 Å². The molecule has 4 heteroatoms. The van der Waals surface area contributed by atoms with Crippen molar-refractivity contribution < 1.29 is 0 Å². The first-order valence-corrected chi connectivity index (χ1v) is 7.18. The fourth-order valence-electron chi connectivity index (χ4n) is 2.56. The maximum absolute atomic E-state index is 4.28. The van der Waals surface area contributed by atoms with Crippen molar-refractivity contribution in [1.29, 1.82) is 0 Å². The molecule has 0 atom stereocenters. The molecule has 1 N–H and O–H groups in total. The Morgan fingerprint density at radius 2 is 2.17 bits per heavy atom. The van der Waals surface area contributed by atoms with Gasteiger partial charge in [0.25, 0.3) is 0 Å². The zero-order valence-corrected chi connectivity index (χ0v) is 11.7. The van der Waals surface area contributed by atoms with Crippen molar-refractivity contribution in [2.45, 2.75) is 39.3 Å². The number of rotatable bonds is 6. The molecule has 2 rings (SSSR count). The summed E-state index contributed by atoms with van der Waals surface area (Å²) < 4.78 is 1.98. The molecule has 1 aliphatic rings. The van der Waals surface area contributed by atoms with Crippen LogP contribution in [0.3, 0.4) is 0 Å². The Bertz CT molecular complexity index is 339. The van der Waals surface area contributed by atoms with Gasteiger partial charge in [-0.25, -0.2) is 0 Å². The number of nitrogens with zero attached hydrogens (tertiary/aromatic N) is 3. The van der Waals surface area contributed by atoms with Gasteiger partial charge in [-0.3, -0.25) is 4.68 Å². The summed E-state index contributed by atoms with van der Waals surface area (Å²) in [7, 11) is 2.22. The lowest BCUT2D eigenvalue weighted by molar-refractivity contribution is 0.211. The van der Waals surface area contributed by atoms with Crippen molar-refractivity contribution in [2.24, 2.45) is 5.92 Å². The van der Waals surface area contributed by atoms with Crippen LogP contribution < -0.4 is 5.32 Å². The van der Waals surface area contributed by atoms with Gasteiger partial charge in [0.2, 0.25) is 0 Å². The number of aromatic nitrogens is 2. The molecule has 0 bridgehead atoms. The third kappa shape index (κ3) is 4.10. The SMILES string of the molecule is CCn1cc(CNCCC2CCN(C)CC2)cn1. The van der Waals surface area contributed by atoms with Crippen LogP contribution in [0.25, 0.3) is 0 Å². The van der Waals surface area contributed by atoms with E-state index in [9.17, 15) is 0 Å². The van der Waals surface area contributed by atoms with Crippen molar-refractivity contribution in [1.82, 2.24) is 20.0 Å². The topological polar surface area (TPSA) is 33.1 Å². The number of nitrogens with one attached hydrogen (secondary N) is 1. The Morgan fingerprint density at radius 3 is 2.83 bits per heavy atom. The minimum atomic E-state index is 0.923. The first-order valence-electron chi connectivity index (χ1n) is 7.18. The first-order chi connectivity index (χ1) is 8.78. The van der Waals surface area contributed by atoms with E-state index in [1.807, 2.05) is 10.9 Å².